The van der Waals surface area contributed by atoms with Crippen LogP contribution in [0.3, 0.4) is 0 Å². The summed E-state index contributed by atoms with van der Waals surface area (Å²) in [5.74, 6) is 0.640. The van der Waals surface area contributed by atoms with Gasteiger partial charge < -0.3 is 15.4 Å². The van der Waals surface area contributed by atoms with Crippen LogP contribution in [0, 0.1) is 0 Å². The molecule has 0 spiro atoms. The van der Waals surface area contributed by atoms with Crippen molar-refractivity contribution in [1.29, 1.82) is 0 Å². The van der Waals surface area contributed by atoms with Gasteiger partial charge in [0.2, 0.25) is 0 Å². The fourth-order valence-corrected chi connectivity index (χ4v) is 4.55. The van der Waals surface area contributed by atoms with Gasteiger partial charge >= 0.3 is 0 Å². The molecule has 3 aromatic carbocycles. The average Bonchev–Trinajstić information content (AvgIpc) is 3.13. The second kappa shape index (κ2) is 10.1. The van der Waals surface area contributed by atoms with Crippen molar-refractivity contribution in [1.82, 2.24) is 5.32 Å². The third-order valence-corrected chi connectivity index (χ3v) is 6.41. The topological polar surface area (TPSA) is 50.4 Å². The number of benzene rings is 3. The average molecular weight is 495 g/mol. The molecule has 6 heteroatoms. The molecule has 0 saturated carbocycles. The van der Waals surface area contributed by atoms with E-state index < -0.39 is 0 Å². The molecule has 0 radical (unpaired) electrons. The Balaban J connectivity index is 1.48. The van der Waals surface area contributed by atoms with Crippen LogP contribution >= 0.6 is 27.7 Å². The van der Waals surface area contributed by atoms with Gasteiger partial charge in [-0.1, -0.05) is 77.1 Å². The quantitative estimate of drug-likeness (QED) is 0.384. The number of carbonyl (C=O) groups excluding carboxylic acids is 1. The Bertz CT molecular complexity index is 1080. The summed E-state index contributed by atoms with van der Waals surface area (Å²) in [4.78, 5) is 13.2. The number of carbonyl (C=O) groups is 1. The van der Waals surface area contributed by atoms with Crippen LogP contribution in [0.25, 0.3) is 6.08 Å². The van der Waals surface area contributed by atoms with Crippen LogP contribution in [-0.2, 0) is 17.8 Å². The van der Waals surface area contributed by atoms with E-state index in [9.17, 15) is 4.79 Å². The first-order valence-corrected chi connectivity index (χ1v) is 11.8. The van der Waals surface area contributed by atoms with Gasteiger partial charge in [0.25, 0.3) is 5.91 Å². The highest BCUT2D eigenvalue weighted by Gasteiger charge is 2.27. The van der Waals surface area contributed by atoms with E-state index >= 15 is 0 Å². The Morgan fingerprint density at radius 3 is 2.58 bits per heavy atom. The molecule has 31 heavy (non-hydrogen) atoms. The lowest BCUT2D eigenvalue weighted by Crippen LogP contribution is -2.30. The zero-order chi connectivity index (χ0) is 21.6. The molecular weight excluding hydrogens is 472 g/mol. The number of rotatable bonds is 7. The molecule has 1 amide bonds. The summed E-state index contributed by atoms with van der Waals surface area (Å²) in [7, 11) is 0. The summed E-state index contributed by atoms with van der Waals surface area (Å²) in [5, 5.41) is 6.35. The van der Waals surface area contributed by atoms with Crippen LogP contribution in [-0.4, -0.2) is 11.4 Å². The minimum absolute atomic E-state index is 0.0957. The normalized spacial score (nSPS) is 16.9. The number of ether oxygens (including phenoxy) is 1. The summed E-state index contributed by atoms with van der Waals surface area (Å²) >= 11 is 4.99. The molecule has 3 aromatic rings. The molecule has 1 fully saturated rings. The van der Waals surface area contributed by atoms with Gasteiger partial charge in [0, 0.05) is 15.7 Å². The summed E-state index contributed by atoms with van der Waals surface area (Å²) in [6.07, 6.45) is 2.89. The molecule has 0 unspecified atom stereocenters. The molecule has 0 bridgehead atoms. The Labute approximate surface area is 195 Å². The lowest BCUT2D eigenvalue weighted by Gasteiger charge is -2.13. The van der Waals surface area contributed by atoms with Gasteiger partial charge in [0.1, 0.15) is 12.4 Å². The molecule has 1 aliphatic rings. The largest absolute Gasteiger partial charge is 0.488 e. The minimum atomic E-state index is -0.216. The zero-order valence-corrected chi connectivity index (χ0v) is 19.5. The van der Waals surface area contributed by atoms with Gasteiger partial charge in [0.15, 0.2) is 5.50 Å². The summed E-state index contributed by atoms with van der Waals surface area (Å²) in [6, 6.07) is 24.1. The molecule has 0 aromatic heterocycles. The van der Waals surface area contributed by atoms with E-state index in [1.807, 2.05) is 66.7 Å². The molecule has 1 atom stereocenters. The number of halogens is 1. The number of anilines is 1. The van der Waals surface area contributed by atoms with Crippen molar-refractivity contribution in [3.63, 3.8) is 0 Å². The number of nitrogens with one attached hydrogen (secondary N) is 2. The number of hydrogen-bond donors (Lipinski definition) is 2. The predicted octanol–water partition coefficient (Wildman–Crippen LogP) is 6.19. The molecule has 4 rings (SSSR count). The molecule has 1 saturated heterocycles. The van der Waals surface area contributed by atoms with Gasteiger partial charge in [-0.2, -0.15) is 0 Å². The van der Waals surface area contributed by atoms with Crippen molar-refractivity contribution in [2.75, 3.05) is 5.32 Å². The molecule has 1 aliphatic heterocycles. The first-order valence-electron chi connectivity index (χ1n) is 10.1. The SMILES string of the molecule is CCc1ccc(N[C@H]2NC(=O)/C(=C/c3cc(Br)ccc3OCc3ccccc3)S2)cc1. The van der Waals surface area contributed by atoms with Crippen LogP contribution in [0.1, 0.15) is 23.6 Å². The number of thioether (sulfide) groups is 1. The van der Waals surface area contributed by atoms with Crippen LogP contribution in [0.4, 0.5) is 5.69 Å². The first-order chi connectivity index (χ1) is 15.1. The Hall–Kier alpha value is -2.70. The standard InChI is InChI=1S/C25H23BrN2O2S/c1-2-17-8-11-21(12-9-17)27-25-28-24(29)23(31-25)15-19-14-20(26)10-13-22(19)30-16-18-6-4-3-5-7-18/h3-15,25,27H,2,16H2,1H3,(H,28,29)/b23-15-/t25-/m0/s1. The molecule has 0 aliphatic carbocycles. The summed E-state index contributed by atoms with van der Waals surface area (Å²) in [5.41, 5.74) is 4.00. The first kappa shape index (κ1) is 21.5. The second-order valence-corrected chi connectivity index (χ2v) is 9.19. The van der Waals surface area contributed by atoms with E-state index in [2.05, 4.69) is 45.6 Å². The maximum Gasteiger partial charge on any atom is 0.260 e. The Morgan fingerprint density at radius 1 is 1.06 bits per heavy atom. The third kappa shape index (κ3) is 5.71. The van der Waals surface area contributed by atoms with Crippen molar-refractivity contribution in [3.8, 4) is 5.75 Å². The highest BCUT2D eigenvalue weighted by Crippen LogP contribution is 2.33. The van der Waals surface area contributed by atoms with Crippen molar-refractivity contribution in [3.05, 3.63) is 98.9 Å². The smallest absolute Gasteiger partial charge is 0.260 e. The van der Waals surface area contributed by atoms with E-state index in [0.717, 1.165) is 33.5 Å². The van der Waals surface area contributed by atoms with E-state index in [1.54, 1.807) is 0 Å². The monoisotopic (exact) mass is 494 g/mol. The van der Waals surface area contributed by atoms with E-state index in [4.69, 9.17) is 4.74 Å². The highest BCUT2D eigenvalue weighted by molar-refractivity contribution is 9.10. The second-order valence-electron chi connectivity index (χ2n) is 7.13. The molecular formula is C25H23BrN2O2S. The maximum atomic E-state index is 12.6. The summed E-state index contributed by atoms with van der Waals surface area (Å²) in [6.45, 7) is 2.60. The molecule has 158 valence electrons. The van der Waals surface area contributed by atoms with Crippen molar-refractivity contribution >= 4 is 45.4 Å². The van der Waals surface area contributed by atoms with Gasteiger partial charge in [-0.3, -0.25) is 4.79 Å². The molecule has 4 nitrogen and oxygen atoms in total. The van der Waals surface area contributed by atoms with Gasteiger partial charge in [-0.25, -0.2) is 0 Å². The van der Waals surface area contributed by atoms with Gasteiger partial charge in [0.05, 0.1) is 4.91 Å². The van der Waals surface area contributed by atoms with Gasteiger partial charge in [-0.05, 0) is 54.0 Å². The van der Waals surface area contributed by atoms with E-state index in [0.29, 0.717) is 11.5 Å². The number of aryl methyl sites for hydroxylation is 1. The van der Waals surface area contributed by atoms with Crippen LogP contribution in [0.5, 0.6) is 5.75 Å². The highest BCUT2D eigenvalue weighted by atomic mass is 79.9. The predicted molar refractivity (Wildman–Crippen MR) is 132 cm³/mol. The van der Waals surface area contributed by atoms with Crippen molar-refractivity contribution < 1.29 is 9.53 Å². The van der Waals surface area contributed by atoms with Gasteiger partial charge in [-0.15, -0.1) is 0 Å². The van der Waals surface area contributed by atoms with E-state index in [-0.39, 0.29) is 11.4 Å². The number of hydrogen-bond acceptors (Lipinski definition) is 4. The van der Waals surface area contributed by atoms with Crippen LogP contribution in [0.15, 0.2) is 82.2 Å². The lowest BCUT2D eigenvalue weighted by atomic mass is 10.1. The molecule has 2 N–H and O–H groups in total. The fourth-order valence-electron chi connectivity index (χ4n) is 3.19. The van der Waals surface area contributed by atoms with Crippen molar-refractivity contribution in [2.45, 2.75) is 25.4 Å². The zero-order valence-electron chi connectivity index (χ0n) is 17.1. The maximum absolute atomic E-state index is 12.6. The van der Waals surface area contributed by atoms with Crippen molar-refractivity contribution in [2.24, 2.45) is 0 Å². The minimum Gasteiger partial charge on any atom is -0.488 e. The Morgan fingerprint density at radius 2 is 1.84 bits per heavy atom. The lowest BCUT2D eigenvalue weighted by molar-refractivity contribution is -0.116. The summed E-state index contributed by atoms with van der Waals surface area (Å²) < 4.78 is 6.98. The molecule has 1 heterocycles. The van der Waals surface area contributed by atoms with Crippen LogP contribution < -0.4 is 15.4 Å². The van der Waals surface area contributed by atoms with E-state index in [1.165, 1.54) is 17.3 Å². The van der Waals surface area contributed by atoms with Crippen LogP contribution in [0.2, 0.25) is 0 Å². The number of amides is 1. The fraction of sp³-hybridized carbons (Fsp3) is 0.160. The third-order valence-electron chi connectivity index (χ3n) is 4.89. The Kier molecular flexibility index (Phi) is 6.99.